The summed E-state index contributed by atoms with van der Waals surface area (Å²) in [7, 11) is 0. The number of hydrogen-bond acceptors (Lipinski definition) is 5. The van der Waals surface area contributed by atoms with E-state index in [4.69, 9.17) is 9.26 Å². The summed E-state index contributed by atoms with van der Waals surface area (Å²) >= 11 is 0. The Labute approximate surface area is 140 Å². The summed E-state index contributed by atoms with van der Waals surface area (Å²) in [6.45, 7) is 5.22. The van der Waals surface area contributed by atoms with Crippen molar-refractivity contribution in [2.45, 2.75) is 44.6 Å². The van der Waals surface area contributed by atoms with E-state index in [0.29, 0.717) is 30.5 Å². The van der Waals surface area contributed by atoms with Crippen molar-refractivity contribution in [1.29, 1.82) is 0 Å². The van der Waals surface area contributed by atoms with E-state index in [1.54, 1.807) is 0 Å². The Kier molecular flexibility index (Phi) is 3.75. The first kappa shape index (κ1) is 15.2. The van der Waals surface area contributed by atoms with Gasteiger partial charge in [0.25, 0.3) is 5.91 Å². The van der Waals surface area contributed by atoms with Gasteiger partial charge < -0.3 is 14.2 Å². The summed E-state index contributed by atoms with van der Waals surface area (Å²) in [4.78, 5) is 18.8. The quantitative estimate of drug-likeness (QED) is 0.844. The Morgan fingerprint density at radius 2 is 1.92 bits per heavy atom. The zero-order valence-corrected chi connectivity index (χ0v) is 13.9. The predicted molar refractivity (Wildman–Crippen MR) is 87.1 cm³/mol. The van der Waals surface area contributed by atoms with E-state index < -0.39 is 0 Å². The Hall–Kier alpha value is -2.37. The zero-order valence-electron chi connectivity index (χ0n) is 13.9. The molecule has 2 aromatic rings. The molecule has 1 aromatic carbocycles. The summed E-state index contributed by atoms with van der Waals surface area (Å²) < 4.78 is 10.9. The van der Waals surface area contributed by atoms with Crippen LogP contribution in [0.2, 0.25) is 0 Å². The first-order chi connectivity index (χ1) is 11.6. The highest BCUT2D eigenvalue weighted by Crippen LogP contribution is 2.39. The van der Waals surface area contributed by atoms with Crippen LogP contribution in [0, 0.1) is 0 Å². The van der Waals surface area contributed by atoms with Crippen molar-refractivity contribution in [1.82, 2.24) is 15.0 Å². The molecule has 1 saturated carbocycles. The van der Waals surface area contributed by atoms with Crippen molar-refractivity contribution < 1.29 is 14.1 Å². The van der Waals surface area contributed by atoms with Gasteiger partial charge in [-0.05, 0) is 51.0 Å². The molecule has 2 heterocycles. The zero-order chi connectivity index (χ0) is 16.7. The number of carbonyl (C=O) groups is 1. The summed E-state index contributed by atoms with van der Waals surface area (Å²) in [6.07, 6.45) is 2.44. The summed E-state index contributed by atoms with van der Waals surface area (Å²) in [6, 6.07) is 7.30. The first-order valence-electron chi connectivity index (χ1n) is 8.49. The van der Waals surface area contributed by atoms with Crippen LogP contribution in [0.25, 0.3) is 0 Å². The third kappa shape index (κ3) is 3.00. The van der Waals surface area contributed by atoms with Gasteiger partial charge in [0.1, 0.15) is 5.75 Å². The molecule has 2 aliphatic rings. The SMILES string of the molecule is CC(C)Oc1ccc(C(=O)N2CC(c3nc(C4CC4)no3)C2)cc1. The lowest BCUT2D eigenvalue weighted by Gasteiger charge is -2.37. The van der Waals surface area contributed by atoms with Gasteiger partial charge in [-0.15, -0.1) is 0 Å². The highest BCUT2D eigenvalue weighted by Gasteiger charge is 2.37. The molecule has 0 radical (unpaired) electrons. The number of nitrogens with zero attached hydrogens (tertiary/aromatic N) is 3. The standard InChI is InChI=1S/C18H21N3O3/c1-11(2)23-15-7-5-13(6-8-15)18(22)21-9-14(10-21)17-19-16(20-24-17)12-3-4-12/h5-8,11-12,14H,3-4,9-10H2,1-2H3. The van der Waals surface area contributed by atoms with Crippen molar-refractivity contribution in [3.8, 4) is 5.75 Å². The van der Waals surface area contributed by atoms with Crippen LogP contribution in [0.15, 0.2) is 28.8 Å². The maximum atomic E-state index is 12.5. The third-order valence-corrected chi connectivity index (χ3v) is 4.39. The van der Waals surface area contributed by atoms with Crippen LogP contribution < -0.4 is 4.74 Å². The van der Waals surface area contributed by atoms with Crippen LogP contribution in [0.4, 0.5) is 0 Å². The van der Waals surface area contributed by atoms with E-state index in [0.717, 1.165) is 24.4 Å². The molecule has 6 nitrogen and oxygen atoms in total. The topological polar surface area (TPSA) is 68.5 Å². The fourth-order valence-electron chi connectivity index (χ4n) is 2.85. The van der Waals surface area contributed by atoms with Crippen LogP contribution in [-0.2, 0) is 0 Å². The first-order valence-corrected chi connectivity index (χ1v) is 8.49. The molecule has 2 fully saturated rings. The molecule has 0 atom stereocenters. The van der Waals surface area contributed by atoms with Crippen molar-refractivity contribution >= 4 is 5.91 Å². The Morgan fingerprint density at radius 1 is 1.21 bits per heavy atom. The van der Waals surface area contributed by atoms with Crippen LogP contribution in [-0.4, -0.2) is 40.1 Å². The van der Waals surface area contributed by atoms with Gasteiger partial charge in [-0.2, -0.15) is 4.98 Å². The van der Waals surface area contributed by atoms with Gasteiger partial charge in [0, 0.05) is 24.6 Å². The summed E-state index contributed by atoms with van der Waals surface area (Å²) in [5, 5.41) is 4.04. The molecule has 4 rings (SSSR count). The van der Waals surface area contributed by atoms with E-state index in [9.17, 15) is 4.79 Å². The summed E-state index contributed by atoms with van der Waals surface area (Å²) in [5.41, 5.74) is 0.675. The minimum Gasteiger partial charge on any atom is -0.491 e. The molecular formula is C18H21N3O3. The number of hydrogen-bond donors (Lipinski definition) is 0. The van der Waals surface area contributed by atoms with Gasteiger partial charge in [-0.25, -0.2) is 0 Å². The second-order valence-electron chi connectivity index (χ2n) is 6.86. The lowest BCUT2D eigenvalue weighted by Crippen LogP contribution is -2.48. The second kappa shape index (κ2) is 5.92. The molecule has 1 amide bonds. The average molecular weight is 327 g/mol. The Balaban J connectivity index is 1.34. The van der Waals surface area contributed by atoms with Crippen molar-refractivity contribution in [3.05, 3.63) is 41.5 Å². The fraction of sp³-hybridized carbons (Fsp3) is 0.500. The molecular weight excluding hydrogens is 306 g/mol. The van der Waals surface area contributed by atoms with Gasteiger partial charge in [-0.3, -0.25) is 4.79 Å². The van der Waals surface area contributed by atoms with Gasteiger partial charge in [0.15, 0.2) is 5.82 Å². The van der Waals surface area contributed by atoms with E-state index in [2.05, 4.69) is 10.1 Å². The minimum atomic E-state index is 0.0317. The van der Waals surface area contributed by atoms with Gasteiger partial charge in [0.2, 0.25) is 5.89 Å². The summed E-state index contributed by atoms with van der Waals surface area (Å²) in [5.74, 6) is 2.97. The number of aromatic nitrogens is 2. The van der Waals surface area contributed by atoms with E-state index in [-0.39, 0.29) is 17.9 Å². The molecule has 0 N–H and O–H groups in total. The highest BCUT2D eigenvalue weighted by atomic mass is 16.5. The molecule has 1 saturated heterocycles. The highest BCUT2D eigenvalue weighted by molar-refractivity contribution is 5.95. The molecule has 1 aliphatic carbocycles. The number of amides is 1. The molecule has 1 aromatic heterocycles. The normalized spacial score (nSPS) is 17.9. The van der Waals surface area contributed by atoms with Crippen molar-refractivity contribution in [2.24, 2.45) is 0 Å². The van der Waals surface area contributed by atoms with Gasteiger partial charge >= 0.3 is 0 Å². The number of likely N-dealkylation sites (tertiary alicyclic amines) is 1. The maximum Gasteiger partial charge on any atom is 0.253 e. The molecule has 0 bridgehead atoms. The maximum absolute atomic E-state index is 12.5. The monoisotopic (exact) mass is 327 g/mol. The molecule has 0 unspecified atom stereocenters. The predicted octanol–water partition coefficient (Wildman–Crippen LogP) is 2.97. The van der Waals surface area contributed by atoms with Crippen LogP contribution in [0.3, 0.4) is 0 Å². The number of rotatable bonds is 5. The van der Waals surface area contributed by atoms with Crippen molar-refractivity contribution in [3.63, 3.8) is 0 Å². The smallest absolute Gasteiger partial charge is 0.253 e. The second-order valence-corrected chi connectivity index (χ2v) is 6.86. The van der Waals surface area contributed by atoms with E-state index in [1.807, 2.05) is 43.0 Å². The van der Waals surface area contributed by atoms with Gasteiger partial charge in [-0.1, -0.05) is 5.16 Å². The lowest BCUT2D eigenvalue weighted by molar-refractivity contribution is 0.0569. The fourth-order valence-corrected chi connectivity index (χ4v) is 2.85. The number of ether oxygens (including phenoxy) is 1. The Morgan fingerprint density at radius 3 is 2.54 bits per heavy atom. The molecule has 1 aliphatic heterocycles. The minimum absolute atomic E-state index is 0.0317. The molecule has 126 valence electrons. The largest absolute Gasteiger partial charge is 0.491 e. The van der Waals surface area contributed by atoms with Crippen LogP contribution in [0.5, 0.6) is 5.75 Å². The molecule has 0 spiro atoms. The molecule has 6 heteroatoms. The van der Waals surface area contributed by atoms with E-state index in [1.165, 1.54) is 0 Å². The average Bonchev–Trinajstić information content (AvgIpc) is 3.25. The van der Waals surface area contributed by atoms with E-state index >= 15 is 0 Å². The van der Waals surface area contributed by atoms with Gasteiger partial charge in [0.05, 0.1) is 12.0 Å². The van der Waals surface area contributed by atoms with Crippen LogP contribution >= 0.6 is 0 Å². The Bertz CT molecular complexity index is 728. The van der Waals surface area contributed by atoms with Crippen molar-refractivity contribution in [2.75, 3.05) is 13.1 Å². The molecule has 24 heavy (non-hydrogen) atoms. The third-order valence-electron chi connectivity index (χ3n) is 4.39. The van der Waals surface area contributed by atoms with Crippen LogP contribution in [0.1, 0.15) is 60.6 Å². The number of benzene rings is 1. The lowest BCUT2D eigenvalue weighted by atomic mass is 9.98. The number of carbonyl (C=O) groups excluding carboxylic acids is 1.